The number of piperidine rings is 1. The van der Waals surface area contributed by atoms with Crippen molar-refractivity contribution in [3.63, 3.8) is 0 Å². The molecule has 0 bridgehead atoms. The standard InChI is InChI=1S/C18H16F6N4OS/c19-14-12(2-1-3-13(14)30-25)27-16(29)11-8-10(18(22,23)24)9-26-15(11)28-6-4-17(20,21)5-7-28/h1-3,8-9H,4-7,25H2,(H,27,29). The SMILES string of the molecule is NSc1cccc(NC(=O)c2cc(C(F)(F)F)cnc2N2CCC(F)(F)CC2)c1F. The maximum Gasteiger partial charge on any atom is 0.417 e. The number of nitrogens with one attached hydrogen (secondary N) is 1. The van der Waals surface area contributed by atoms with Crippen molar-refractivity contribution in [2.45, 2.75) is 29.8 Å². The number of hydrogen-bond donors (Lipinski definition) is 2. The number of anilines is 2. The smallest absolute Gasteiger partial charge is 0.356 e. The Morgan fingerprint density at radius 1 is 1.23 bits per heavy atom. The molecular weight excluding hydrogens is 434 g/mol. The summed E-state index contributed by atoms with van der Waals surface area (Å²) in [4.78, 5) is 17.8. The molecule has 0 aliphatic carbocycles. The summed E-state index contributed by atoms with van der Waals surface area (Å²) in [7, 11) is 0. The fourth-order valence-electron chi connectivity index (χ4n) is 2.97. The normalized spacial score (nSPS) is 16.4. The molecule has 12 heteroatoms. The lowest BCUT2D eigenvalue weighted by Crippen LogP contribution is -2.40. The summed E-state index contributed by atoms with van der Waals surface area (Å²) >= 11 is 0.597. The third-order valence-electron chi connectivity index (χ3n) is 4.57. The maximum atomic E-state index is 14.4. The molecule has 30 heavy (non-hydrogen) atoms. The van der Waals surface area contributed by atoms with E-state index in [4.69, 9.17) is 5.14 Å². The van der Waals surface area contributed by atoms with Gasteiger partial charge in [-0.1, -0.05) is 6.07 Å². The third kappa shape index (κ3) is 4.81. The van der Waals surface area contributed by atoms with E-state index in [-0.39, 0.29) is 29.5 Å². The molecule has 1 aliphatic heterocycles. The van der Waals surface area contributed by atoms with Crippen molar-refractivity contribution in [3.8, 4) is 0 Å². The molecule has 1 saturated heterocycles. The van der Waals surface area contributed by atoms with E-state index in [0.29, 0.717) is 24.2 Å². The van der Waals surface area contributed by atoms with Crippen LogP contribution in [0.5, 0.6) is 0 Å². The predicted molar refractivity (Wildman–Crippen MR) is 100 cm³/mol. The van der Waals surface area contributed by atoms with E-state index in [0.717, 1.165) is 0 Å². The Kier molecular flexibility index (Phi) is 6.18. The fourth-order valence-corrected chi connectivity index (χ4v) is 3.34. The van der Waals surface area contributed by atoms with Crippen molar-refractivity contribution < 1.29 is 31.1 Å². The third-order valence-corrected chi connectivity index (χ3v) is 5.14. The van der Waals surface area contributed by atoms with Gasteiger partial charge in [-0.25, -0.2) is 18.2 Å². The molecule has 5 nitrogen and oxygen atoms in total. The van der Waals surface area contributed by atoms with Crippen LogP contribution in [0.25, 0.3) is 0 Å². The number of nitrogens with two attached hydrogens (primary N) is 1. The van der Waals surface area contributed by atoms with Gasteiger partial charge >= 0.3 is 6.18 Å². The van der Waals surface area contributed by atoms with Crippen LogP contribution in [0.4, 0.5) is 37.8 Å². The van der Waals surface area contributed by atoms with E-state index in [1.165, 1.54) is 23.1 Å². The zero-order chi connectivity index (χ0) is 22.1. The van der Waals surface area contributed by atoms with Crippen LogP contribution >= 0.6 is 11.9 Å². The summed E-state index contributed by atoms with van der Waals surface area (Å²) in [6.07, 6.45) is -5.30. The van der Waals surface area contributed by atoms with Crippen LogP contribution in [0.1, 0.15) is 28.8 Å². The van der Waals surface area contributed by atoms with E-state index >= 15 is 0 Å². The van der Waals surface area contributed by atoms with Gasteiger partial charge in [0.25, 0.3) is 11.8 Å². The molecule has 1 aliphatic rings. The second kappa shape index (κ2) is 8.34. The minimum Gasteiger partial charge on any atom is -0.356 e. The summed E-state index contributed by atoms with van der Waals surface area (Å²) in [5, 5.41) is 7.54. The summed E-state index contributed by atoms with van der Waals surface area (Å²) < 4.78 is 80.7. The Hall–Kier alpha value is -2.47. The van der Waals surface area contributed by atoms with Crippen LogP contribution in [0.2, 0.25) is 0 Å². The Morgan fingerprint density at radius 3 is 2.50 bits per heavy atom. The first-order valence-electron chi connectivity index (χ1n) is 8.68. The lowest BCUT2D eigenvalue weighted by Gasteiger charge is -2.33. The van der Waals surface area contributed by atoms with Gasteiger partial charge in [-0.15, -0.1) is 0 Å². The first-order valence-corrected chi connectivity index (χ1v) is 9.56. The van der Waals surface area contributed by atoms with E-state index in [1.54, 1.807) is 0 Å². The number of halogens is 6. The molecule has 2 aromatic rings. The highest BCUT2D eigenvalue weighted by atomic mass is 32.2. The quantitative estimate of drug-likeness (QED) is 0.522. The summed E-state index contributed by atoms with van der Waals surface area (Å²) in [5.41, 5.74) is -1.98. The van der Waals surface area contributed by atoms with Gasteiger partial charge in [-0.3, -0.25) is 9.93 Å². The van der Waals surface area contributed by atoms with Crippen LogP contribution in [0, 0.1) is 5.82 Å². The Labute approximate surface area is 171 Å². The second-order valence-corrected chi connectivity index (χ2v) is 7.30. The molecular formula is C18H16F6N4OS. The molecule has 3 N–H and O–H groups in total. The number of pyridine rings is 1. The first kappa shape index (κ1) is 22.2. The molecule has 162 valence electrons. The Bertz CT molecular complexity index is 943. The second-order valence-electron chi connectivity index (χ2n) is 6.63. The molecule has 0 atom stereocenters. The van der Waals surface area contributed by atoms with Gasteiger partial charge in [-0.05, 0) is 30.1 Å². The molecule has 0 spiro atoms. The minimum absolute atomic E-state index is 0.0217. The fraction of sp³-hybridized carbons (Fsp3) is 0.333. The monoisotopic (exact) mass is 450 g/mol. The highest BCUT2D eigenvalue weighted by molar-refractivity contribution is 7.97. The van der Waals surface area contributed by atoms with Crippen LogP contribution in [-0.4, -0.2) is 29.9 Å². The van der Waals surface area contributed by atoms with Crippen molar-refractivity contribution in [1.29, 1.82) is 0 Å². The van der Waals surface area contributed by atoms with Crippen LogP contribution < -0.4 is 15.4 Å². The average Bonchev–Trinajstić information content (AvgIpc) is 2.68. The molecule has 0 saturated carbocycles. The molecule has 2 heterocycles. The van der Waals surface area contributed by atoms with E-state index in [1.807, 2.05) is 0 Å². The van der Waals surface area contributed by atoms with Crippen molar-refractivity contribution >= 4 is 29.4 Å². The molecule has 1 aromatic heterocycles. The van der Waals surface area contributed by atoms with Gasteiger partial charge < -0.3 is 10.2 Å². The molecule has 1 fully saturated rings. The number of hydrogen-bond acceptors (Lipinski definition) is 5. The average molecular weight is 450 g/mol. The van der Waals surface area contributed by atoms with Gasteiger partial charge in [0.05, 0.1) is 21.7 Å². The first-order chi connectivity index (χ1) is 14.0. The number of aromatic nitrogens is 1. The molecule has 0 unspecified atom stereocenters. The minimum atomic E-state index is -4.78. The van der Waals surface area contributed by atoms with Crippen LogP contribution in [-0.2, 0) is 6.18 Å². The van der Waals surface area contributed by atoms with Gasteiger partial charge in [0.15, 0.2) is 5.82 Å². The number of amides is 1. The molecule has 0 radical (unpaired) electrons. The van der Waals surface area contributed by atoms with E-state index in [9.17, 15) is 31.1 Å². The lowest BCUT2D eigenvalue weighted by atomic mass is 10.1. The molecule has 3 rings (SSSR count). The van der Waals surface area contributed by atoms with Crippen molar-refractivity contribution in [2.24, 2.45) is 5.14 Å². The lowest BCUT2D eigenvalue weighted by molar-refractivity contribution is -0.137. The van der Waals surface area contributed by atoms with Gasteiger partial charge in [0.1, 0.15) is 5.82 Å². The highest BCUT2D eigenvalue weighted by Gasteiger charge is 2.37. The van der Waals surface area contributed by atoms with Crippen LogP contribution in [0.15, 0.2) is 35.4 Å². The zero-order valence-corrected chi connectivity index (χ0v) is 16.1. The predicted octanol–water partition coefficient (Wildman–Crippen LogP) is 4.69. The van der Waals surface area contributed by atoms with Crippen molar-refractivity contribution in [1.82, 2.24) is 4.98 Å². The Balaban J connectivity index is 1.97. The topological polar surface area (TPSA) is 71.2 Å². The largest absolute Gasteiger partial charge is 0.417 e. The van der Waals surface area contributed by atoms with Crippen molar-refractivity contribution in [3.05, 3.63) is 47.4 Å². The van der Waals surface area contributed by atoms with E-state index < -0.39 is 47.8 Å². The highest BCUT2D eigenvalue weighted by Crippen LogP contribution is 2.35. The number of rotatable bonds is 4. The van der Waals surface area contributed by atoms with Crippen LogP contribution in [0.3, 0.4) is 0 Å². The van der Waals surface area contributed by atoms with Gasteiger partial charge in [0, 0.05) is 32.1 Å². The number of nitrogens with zero attached hydrogens (tertiary/aromatic N) is 2. The molecule has 1 amide bonds. The number of carbonyl (C=O) groups is 1. The molecule has 1 aromatic carbocycles. The zero-order valence-electron chi connectivity index (χ0n) is 15.3. The Morgan fingerprint density at radius 2 is 1.90 bits per heavy atom. The maximum absolute atomic E-state index is 14.4. The van der Waals surface area contributed by atoms with Gasteiger partial charge in [-0.2, -0.15) is 13.2 Å². The number of alkyl halides is 5. The van der Waals surface area contributed by atoms with E-state index in [2.05, 4.69) is 10.3 Å². The summed E-state index contributed by atoms with van der Waals surface area (Å²) in [6, 6.07) is 4.56. The number of carbonyl (C=O) groups excluding carboxylic acids is 1. The summed E-state index contributed by atoms with van der Waals surface area (Å²) in [6.45, 7) is -0.390. The van der Waals surface area contributed by atoms with Crippen molar-refractivity contribution in [2.75, 3.05) is 23.3 Å². The number of benzene rings is 1. The summed E-state index contributed by atoms with van der Waals surface area (Å²) in [5.74, 6) is -4.98. The van der Waals surface area contributed by atoms with Gasteiger partial charge in [0.2, 0.25) is 0 Å².